The Labute approximate surface area is 150 Å². The summed E-state index contributed by atoms with van der Waals surface area (Å²) in [4.78, 5) is 23.5. The third kappa shape index (κ3) is 6.00. The van der Waals surface area contributed by atoms with Gasteiger partial charge < -0.3 is 10.6 Å². The first-order valence-corrected chi connectivity index (χ1v) is 9.69. The summed E-state index contributed by atoms with van der Waals surface area (Å²) in [5, 5.41) is 11.9. The second-order valence-corrected chi connectivity index (χ2v) is 7.69. The van der Waals surface area contributed by atoms with Gasteiger partial charge in [-0.25, -0.2) is 17.2 Å². The molecular weight excluding hydrogens is 392 g/mol. The molecule has 3 N–H and O–H groups in total. The molecule has 9 nitrogen and oxygen atoms in total. The first kappa shape index (κ1) is 19.7. The Morgan fingerprint density at radius 1 is 1.19 bits per heavy atom. The fourth-order valence-corrected chi connectivity index (χ4v) is 3.20. The lowest BCUT2D eigenvalue weighted by molar-refractivity contribution is -0.116. The van der Waals surface area contributed by atoms with Gasteiger partial charge in [0, 0.05) is 19.0 Å². The van der Waals surface area contributed by atoms with Gasteiger partial charge in [-0.15, -0.1) is 10.2 Å². The molecule has 26 heavy (non-hydrogen) atoms. The van der Waals surface area contributed by atoms with E-state index >= 15 is 0 Å². The van der Waals surface area contributed by atoms with E-state index in [0.29, 0.717) is 6.07 Å². The number of halogens is 2. The Balaban J connectivity index is 1.81. The van der Waals surface area contributed by atoms with E-state index in [1.165, 1.54) is 0 Å². The van der Waals surface area contributed by atoms with E-state index in [4.69, 9.17) is 0 Å². The Morgan fingerprint density at radius 2 is 1.88 bits per heavy atom. The van der Waals surface area contributed by atoms with Gasteiger partial charge in [0.05, 0.1) is 11.8 Å². The minimum Gasteiger partial charge on any atom is -0.351 e. The fourth-order valence-electron chi connectivity index (χ4n) is 1.71. The number of carbonyl (C=O) groups excluding carboxylic acids is 2. The number of rotatable bonds is 7. The van der Waals surface area contributed by atoms with E-state index < -0.39 is 33.5 Å². The molecule has 2 rings (SSSR count). The van der Waals surface area contributed by atoms with Crippen molar-refractivity contribution >= 4 is 43.4 Å². The number of sulfonamides is 1. The van der Waals surface area contributed by atoms with Crippen LogP contribution in [0.4, 0.5) is 19.0 Å². The standard InChI is InChI=1S/C13H13F2N5O4S2/c1-26(23,24)20-13-19-18-12(25-13)17-10(21)4-5-16-11(22)8-3-2-7(14)6-9(8)15/h2-3,6H,4-5H2,1H3,(H,16,22)(H,19,20)(H,17,18,21). The number of hydrogen-bond donors (Lipinski definition) is 3. The minimum absolute atomic E-state index is 0.0112. The van der Waals surface area contributed by atoms with E-state index in [-0.39, 0.29) is 28.8 Å². The van der Waals surface area contributed by atoms with Crippen molar-refractivity contribution in [3.63, 3.8) is 0 Å². The molecule has 1 aromatic carbocycles. The first-order chi connectivity index (χ1) is 12.1. The number of hydrogen-bond acceptors (Lipinski definition) is 7. The van der Waals surface area contributed by atoms with Crippen LogP contribution in [0.25, 0.3) is 0 Å². The molecule has 0 atom stereocenters. The van der Waals surface area contributed by atoms with Crippen molar-refractivity contribution in [3.8, 4) is 0 Å². The lowest BCUT2D eigenvalue weighted by Gasteiger charge is -2.06. The summed E-state index contributed by atoms with van der Waals surface area (Å²) >= 11 is 0.811. The van der Waals surface area contributed by atoms with Gasteiger partial charge >= 0.3 is 0 Å². The lowest BCUT2D eigenvalue weighted by Crippen LogP contribution is -2.28. The summed E-state index contributed by atoms with van der Waals surface area (Å²) in [6, 6.07) is 2.53. The molecule has 1 heterocycles. The van der Waals surface area contributed by atoms with Crippen molar-refractivity contribution in [1.82, 2.24) is 15.5 Å². The zero-order chi connectivity index (χ0) is 19.3. The summed E-state index contributed by atoms with van der Waals surface area (Å²) in [5.41, 5.74) is -0.340. The second-order valence-electron chi connectivity index (χ2n) is 4.96. The Hall–Kier alpha value is -2.67. The number of anilines is 2. The molecule has 0 fully saturated rings. The monoisotopic (exact) mass is 405 g/mol. The van der Waals surface area contributed by atoms with Crippen LogP contribution in [0.15, 0.2) is 18.2 Å². The maximum Gasteiger partial charge on any atom is 0.254 e. The number of nitrogens with one attached hydrogen (secondary N) is 3. The van der Waals surface area contributed by atoms with Gasteiger partial charge in [0.1, 0.15) is 11.6 Å². The van der Waals surface area contributed by atoms with Gasteiger partial charge in [-0.1, -0.05) is 11.3 Å². The van der Waals surface area contributed by atoms with Gasteiger partial charge in [0.2, 0.25) is 26.2 Å². The molecule has 0 saturated heterocycles. The SMILES string of the molecule is CS(=O)(=O)Nc1nnc(NC(=O)CCNC(=O)c2ccc(F)cc2F)s1. The van der Waals surface area contributed by atoms with Crippen LogP contribution in [-0.4, -0.2) is 43.2 Å². The van der Waals surface area contributed by atoms with Crippen LogP contribution < -0.4 is 15.4 Å². The van der Waals surface area contributed by atoms with Gasteiger partial charge in [0.15, 0.2) is 0 Å². The minimum atomic E-state index is -3.51. The Bertz CT molecular complexity index is 932. The van der Waals surface area contributed by atoms with Crippen LogP contribution in [0.5, 0.6) is 0 Å². The van der Waals surface area contributed by atoms with Crippen LogP contribution in [0.3, 0.4) is 0 Å². The normalized spacial score (nSPS) is 11.0. The van der Waals surface area contributed by atoms with E-state index in [1.54, 1.807) is 0 Å². The average Bonchev–Trinajstić information content (AvgIpc) is 2.91. The molecule has 140 valence electrons. The maximum absolute atomic E-state index is 13.5. The van der Waals surface area contributed by atoms with E-state index in [2.05, 4.69) is 25.6 Å². The Kier molecular flexibility index (Phi) is 6.15. The highest BCUT2D eigenvalue weighted by atomic mass is 32.2. The van der Waals surface area contributed by atoms with Crippen molar-refractivity contribution < 1.29 is 26.8 Å². The van der Waals surface area contributed by atoms with Crippen molar-refractivity contribution in [1.29, 1.82) is 0 Å². The molecule has 13 heteroatoms. The molecule has 0 aliphatic carbocycles. The molecular formula is C13H13F2N5O4S2. The van der Waals surface area contributed by atoms with Crippen LogP contribution in [0.2, 0.25) is 0 Å². The zero-order valence-corrected chi connectivity index (χ0v) is 14.9. The second kappa shape index (κ2) is 8.14. The largest absolute Gasteiger partial charge is 0.351 e. The fraction of sp³-hybridized carbons (Fsp3) is 0.231. The quantitative estimate of drug-likeness (QED) is 0.629. The van der Waals surface area contributed by atoms with Crippen molar-refractivity contribution in [2.75, 3.05) is 22.8 Å². The first-order valence-electron chi connectivity index (χ1n) is 6.98. The van der Waals surface area contributed by atoms with Crippen LogP contribution in [-0.2, 0) is 14.8 Å². The highest BCUT2D eigenvalue weighted by Crippen LogP contribution is 2.20. The highest BCUT2D eigenvalue weighted by molar-refractivity contribution is 7.92. The molecule has 2 aromatic rings. The highest BCUT2D eigenvalue weighted by Gasteiger charge is 2.14. The number of benzene rings is 1. The molecule has 2 amide bonds. The van der Waals surface area contributed by atoms with Crippen molar-refractivity contribution in [2.45, 2.75) is 6.42 Å². The third-order valence-corrected chi connectivity index (χ3v) is 4.20. The zero-order valence-electron chi connectivity index (χ0n) is 13.2. The average molecular weight is 405 g/mol. The predicted octanol–water partition coefficient (Wildman–Crippen LogP) is 0.946. The summed E-state index contributed by atoms with van der Waals surface area (Å²) < 4.78 is 50.5. The number of amides is 2. The summed E-state index contributed by atoms with van der Waals surface area (Å²) in [6.07, 6.45) is 0.794. The molecule has 0 aliphatic heterocycles. The molecule has 0 aliphatic rings. The number of carbonyl (C=O) groups is 2. The summed E-state index contributed by atoms with van der Waals surface area (Å²) in [7, 11) is -3.51. The molecule has 0 saturated carbocycles. The lowest BCUT2D eigenvalue weighted by atomic mass is 10.2. The van der Waals surface area contributed by atoms with E-state index in [1.807, 2.05) is 0 Å². The smallest absolute Gasteiger partial charge is 0.254 e. The third-order valence-electron chi connectivity index (χ3n) is 2.76. The van der Waals surface area contributed by atoms with Crippen LogP contribution in [0.1, 0.15) is 16.8 Å². The predicted molar refractivity (Wildman–Crippen MR) is 90.3 cm³/mol. The van der Waals surface area contributed by atoms with E-state index in [9.17, 15) is 26.8 Å². The van der Waals surface area contributed by atoms with Crippen LogP contribution >= 0.6 is 11.3 Å². The Morgan fingerprint density at radius 3 is 2.54 bits per heavy atom. The van der Waals surface area contributed by atoms with E-state index in [0.717, 1.165) is 29.7 Å². The molecule has 0 radical (unpaired) electrons. The van der Waals surface area contributed by atoms with Gasteiger partial charge in [-0.05, 0) is 12.1 Å². The van der Waals surface area contributed by atoms with Crippen molar-refractivity contribution in [3.05, 3.63) is 35.4 Å². The summed E-state index contributed by atoms with van der Waals surface area (Å²) in [6.45, 7) is -0.102. The van der Waals surface area contributed by atoms with Gasteiger partial charge in [-0.3, -0.25) is 14.3 Å². The van der Waals surface area contributed by atoms with Gasteiger partial charge in [-0.2, -0.15) is 0 Å². The maximum atomic E-state index is 13.5. The molecule has 1 aromatic heterocycles. The van der Waals surface area contributed by atoms with Gasteiger partial charge in [0.25, 0.3) is 5.91 Å². The molecule has 0 unspecified atom stereocenters. The van der Waals surface area contributed by atoms with Crippen LogP contribution in [0, 0.1) is 11.6 Å². The molecule has 0 bridgehead atoms. The molecule has 0 spiro atoms. The number of aromatic nitrogens is 2. The topological polar surface area (TPSA) is 130 Å². The van der Waals surface area contributed by atoms with Crippen molar-refractivity contribution in [2.24, 2.45) is 0 Å². The summed E-state index contributed by atoms with van der Waals surface area (Å²) in [5.74, 6) is -3.12. The number of nitrogens with zero attached hydrogens (tertiary/aromatic N) is 2.